The van der Waals surface area contributed by atoms with Gasteiger partial charge in [-0.2, -0.15) is 0 Å². The van der Waals surface area contributed by atoms with Crippen LogP contribution in [0.2, 0.25) is 5.02 Å². The molecule has 0 saturated heterocycles. The van der Waals surface area contributed by atoms with E-state index in [1.54, 1.807) is 4.90 Å². The second-order valence-corrected chi connectivity index (χ2v) is 9.55. The molecule has 2 aromatic rings. The highest BCUT2D eigenvalue weighted by molar-refractivity contribution is 7.99. The zero-order valence-corrected chi connectivity index (χ0v) is 20.4. The van der Waals surface area contributed by atoms with Gasteiger partial charge in [-0.25, -0.2) is 0 Å². The number of nitrogens with one attached hydrogen (secondary N) is 1. The lowest BCUT2D eigenvalue weighted by molar-refractivity contribution is -0.139. The van der Waals surface area contributed by atoms with Crippen molar-refractivity contribution in [2.45, 2.75) is 52.5 Å². The van der Waals surface area contributed by atoms with Crippen LogP contribution in [0.1, 0.15) is 43.9 Å². The highest BCUT2D eigenvalue weighted by Gasteiger charge is 2.28. The van der Waals surface area contributed by atoms with Crippen molar-refractivity contribution in [1.82, 2.24) is 10.2 Å². The van der Waals surface area contributed by atoms with Crippen LogP contribution in [-0.4, -0.2) is 35.1 Å². The molecule has 2 rings (SSSR count). The molecule has 6 heteroatoms. The fourth-order valence-corrected chi connectivity index (χ4v) is 4.37. The van der Waals surface area contributed by atoms with Gasteiger partial charge in [0, 0.05) is 23.9 Å². The quantitative estimate of drug-likeness (QED) is 0.484. The second-order valence-electron chi connectivity index (χ2n) is 8.15. The Kier molecular flexibility index (Phi) is 10.4. The molecule has 0 saturated carbocycles. The number of halogens is 1. The summed E-state index contributed by atoms with van der Waals surface area (Å²) in [7, 11) is 0. The minimum Gasteiger partial charge on any atom is -0.354 e. The number of carbonyl (C=O) groups is 2. The smallest absolute Gasteiger partial charge is 0.242 e. The summed E-state index contributed by atoms with van der Waals surface area (Å²) in [6.07, 6.45) is 0.566. The first-order valence-corrected chi connectivity index (χ1v) is 12.3. The molecule has 0 aliphatic carbocycles. The number of benzene rings is 2. The van der Waals surface area contributed by atoms with Gasteiger partial charge in [-0.1, -0.05) is 80.4 Å². The molecule has 0 radical (unpaired) electrons. The monoisotopic (exact) mass is 460 g/mol. The SMILES string of the molecule is CC[C@@H](C(=O)NCC(C)C)N(Cc1ccc(C)cc1)C(=O)CSCc1ccccc1Cl. The third kappa shape index (κ3) is 8.23. The van der Waals surface area contributed by atoms with Gasteiger partial charge in [-0.3, -0.25) is 9.59 Å². The van der Waals surface area contributed by atoms with Crippen molar-refractivity contribution in [1.29, 1.82) is 0 Å². The number of aryl methyl sites for hydroxylation is 1. The predicted molar refractivity (Wildman–Crippen MR) is 131 cm³/mol. The number of nitrogens with zero attached hydrogens (tertiary/aromatic N) is 1. The summed E-state index contributed by atoms with van der Waals surface area (Å²) < 4.78 is 0. The Morgan fingerprint density at radius 1 is 1.10 bits per heavy atom. The largest absolute Gasteiger partial charge is 0.354 e. The lowest BCUT2D eigenvalue weighted by atomic mass is 10.1. The van der Waals surface area contributed by atoms with E-state index in [0.29, 0.717) is 42.0 Å². The van der Waals surface area contributed by atoms with Gasteiger partial charge in [-0.15, -0.1) is 11.8 Å². The van der Waals surface area contributed by atoms with Crippen LogP contribution in [0.3, 0.4) is 0 Å². The Labute approximate surface area is 195 Å². The molecule has 1 atom stereocenters. The van der Waals surface area contributed by atoms with Gasteiger partial charge in [0.25, 0.3) is 0 Å². The predicted octanol–water partition coefficient (Wildman–Crippen LogP) is 5.46. The minimum absolute atomic E-state index is 0.0378. The Hall–Kier alpha value is -1.98. The van der Waals surface area contributed by atoms with Gasteiger partial charge < -0.3 is 10.2 Å². The van der Waals surface area contributed by atoms with Gasteiger partial charge in [0.05, 0.1) is 5.75 Å². The number of hydrogen-bond acceptors (Lipinski definition) is 3. The molecule has 1 N–H and O–H groups in total. The molecule has 2 amide bonds. The van der Waals surface area contributed by atoms with Gasteiger partial charge in [0.2, 0.25) is 11.8 Å². The topological polar surface area (TPSA) is 49.4 Å². The van der Waals surface area contributed by atoms with E-state index < -0.39 is 6.04 Å². The van der Waals surface area contributed by atoms with Crippen molar-refractivity contribution in [3.05, 3.63) is 70.2 Å². The van der Waals surface area contributed by atoms with E-state index in [2.05, 4.69) is 19.2 Å². The average Bonchev–Trinajstić information content (AvgIpc) is 2.74. The van der Waals surface area contributed by atoms with Crippen LogP contribution in [0.15, 0.2) is 48.5 Å². The lowest BCUT2D eigenvalue weighted by Gasteiger charge is -2.31. The van der Waals surface area contributed by atoms with Crippen molar-refractivity contribution in [3.8, 4) is 0 Å². The van der Waals surface area contributed by atoms with E-state index in [1.807, 2.05) is 62.4 Å². The molecule has 4 nitrogen and oxygen atoms in total. The van der Waals surface area contributed by atoms with Crippen LogP contribution in [0.5, 0.6) is 0 Å². The van der Waals surface area contributed by atoms with Crippen molar-refractivity contribution in [2.75, 3.05) is 12.3 Å². The van der Waals surface area contributed by atoms with E-state index in [4.69, 9.17) is 11.6 Å². The molecule has 0 aromatic heterocycles. The highest BCUT2D eigenvalue weighted by atomic mass is 35.5. The van der Waals surface area contributed by atoms with Gasteiger partial charge in [0.1, 0.15) is 6.04 Å². The molecule has 0 aliphatic rings. The normalized spacial score (nSPS) is 11.9. The third-order valence-corrected chi connectivity index (χ3v) is 6.32. The average molecular weight is 461 g/mol. The molecule has 168 valence electrons. The summed E-state index contributed by atoms with van der Waals surface area (Å²) in [5, 5.41) is 3.70. The second kappa shape index (κ2) is 12.8. The van der Waals surface area contributed by atoms with E-state index >= 15 is 0 Å². The molecular weight excluding hydrogens is 428 g/mol. The first-order chi connectivity index (χ1) is 14.8. The molecule has 0 heterocycles. The maximum absolute atomic E-state index is 13.2. The van der Waals surface area contributed by atoms with Crippen molar-refractivity contribution < 1.29 is 9.59 Å². The van der Waals surface area contributed by atoms with Gasteiger partial charge in [0.15, 0.2) is 0 Å². The maximum Gasteiger partial charge on any atom is 0.242 e. The summed E-state index contributed by atoms with van der Waals surface area (Å²) in [6, 6.07) is 15.3. The van der Waals surface area contributed by atoms with Crippen molar-refractivity contribution in [2.24, 2.45) is 5.92 Å². The molecule has 31 heavy (non-hydrogen) atoms. The zero-order chi connectivity index (χ0) is 22.8. The molecular formula is C25H33ClN2O2S. The zero-order valence-electron chi connectivity index (χ0n) is 18.9. The van der Waals surface area contributed by atoms with Crippen LogP contribution in [0.25, 0.3) is 0 Å². The Balaban J connectivity index is 2.12. The van der Waals surface area contributed by atoms with Crippen LogP contribution in [-0.2, 0) is 21.9 Å². The summed E-state index contributed by atoms with van der Waals surface area (Å²) in [5.74, 6) is 1.18. The molecule has 0 aliphatic heterocycles. The molecule has 0 spiro atoms. The van der Waals surface area contributed by atoms with Crippen LogP contribution in [0, 0.1) is 12.8 Å². The summed E-state index contributed by atoms with van der Waals surface area (Å²) in [6.45, 7) is 9.12. The molecule has 0 bridgehead atoms. The maximum atomic E-state index is 13.2. The first kappa shape index (κ1) is 25.3. The number of rotatable bonds is 11. The van der Waals surface area contributed by atoms with Crippen molar-refractivity contribution in [3.63, 3.8) is 0 Å². The van der Waals surface area contributed by atoms with E-state index in [-0.39, 0.29) is 11.8 Å². The number of amides is 2. The Bertz CT molecular complexity index is 855. The lowest BCUT2D eigenvalue weighted by Crippen LogP contribution is -2.50. The van der Waals surface area contributed by atoms with Crippen LogP contribution < -0.4 is 5.32 Å². The number of hydrogen-bond donors (Lipinski definition) is 1. The number of carbonyl (C=O) groups excluding carboxylic acids is 2. The third-order valence-electron chi connectivity index (χ3n) is 4.98. The molecule has 0 fully saturated rings. The Morgan fingerprint density at radius 2 is 1.77 bits per heavy atom. The highest BCUT2D eigenvalue weighted by Crippen LogP contribution is 2.22. The minimum atomic E-state index is -0.492. The number of thioether (sulfide) groups is 1. The van der Waals surface area contributed by atoms with Gasteiger partial charge in [-0.05, 0) is 36.5 Å². The van der Waals surface area contributed by atoms with E-state index in [1.165, 1.54) is 17.3 Å². The summed E-state index contributed by atoms with van der Waals surface area (Å²) >= 11 is 7.76. The first-order valence-electron chi connectivity index (χ1n) is 10.8. The molecule has 2 aromatic carbocycles. The standard InChI is InChI=1S/C25H33ClN2O2S/c1-5-23(25(30)27-14-18(2)3)28(15-20-12-10-19(4)11-13-20)24(29)17-31-16-21-8-6-7-9-22(21)26/h6-13,18,23H,5,14-17H2,1-4H3,(H,27,30)/t23-/m0/s1. The van der Waals surface area contributed by atoms with Gasteiger partial charge >= 0.3 is 0 Å². The molecule has 0 unspecified atom stereocenters. The van der Waals surface area contributed by atoms with Crippen molar-refractivity contribution >= 4 is 35.2 Å². The summed E-state index contributed by atoms with van der Waals surface area (Å²) in [5.41, 5.74) is 3.19. The van der Waals surface area contributed by atoms with Crippen LogP contribution >= 0.6 is 23.4 Å². The Morgan fingerprint density at radius 3 is 2.39 bits per heavy atom. The van der Waals surface area contributed by atoms with E-state index in [0.717, 1.165) is 11.1 Å². The fraction of sp³-hybridized carbons (Fsp3) is 0.440. The van der Waals surface area contributed by atoms with Crippen LogP contribution in [0.4, 0.5) is 0 Å². The summed E-state index contributed by atoms with van der Waals surface area (Å²) in [4.78, 5) is 27.8. The van der Waals surface area contributed by atoms with E-state index in [9.17, 15) is 9.59 Å². The fourth-order valence-electron chi connectivity index (χ4n) is 3.18.